The van der Waals surface area contributed by atoms with Gasteiger partial charge in [0.15, 0.2) is 0 Å². The first-order chi connectivity index (χ1) is 14.3. The highest BCUT2D eigenvalue weighted by Gasteiger charge is 2.08. The standard InChI is InChI=1S/C24H32N4O2/c1-17(2)16-30-23-9-7-20(14-18(23)3)25-24(29)26-21-6-8-22-19(15-21)10-11-28(22)13-12-27(4)5/h6-11,14-15,17H,12-13,16H2,1-5H3,(H2,25,26,29). The van der Waals surface area contributed by atoms with Crippen LogP contribution in [0, 0.1) is 12.8 Å². The number of nitrogens with zero attached hydrogens (tertiary/aromatic N) is 2. The third-order valence-electron chi connectivity index (χ3n) is 4.82. The number of benzene rings is 2. The lowest BCUT2D eigenvalue weighted by atomic mass is 10.2. The molecule has 0 aliphatic heterocycles. The van der Waals surface area contributed by atoms with E-state index in [2.05, 4.69) is 60.3 Å². The van der Waals surface area contributed by atoms with Crippen molar-refractivity contribution in [2.45, 2.75) is 27.3 Å². The Morgan fingerprint density at radius 3 is 2.43 bits per heavy atom. The summed E-state index contributed by atoms with van der Waals surface area (Å²) in [5.41, 5.74) is 3.65. The van der Waals surface area contributed by atoms with Crippen LogP contribution in [0.25, 0.3) is 10.9 Å². The van der Waals surface area contributed by atoms with Gasteiger partial charge in [-0.3, -0.25) is 0 Å². The quantitative estimate of drug-likeness (QED) is 0.539. The molecule has 0 saturated carbocycles. The molecule has 0 fully saturated rings. The largest absolute Gasteiger partial charge is 0.493 e. The maximum absolute atomic E-state index is 12.4. The van der Waals surface area contributed by atoms with Crippen molar-refractivity contribution in [1.29, 1.82) is 0 Å². The van der Waals surface area contributed by atoms with Crippen LogP contribution in [-0.2, 0) is 6.54 Å². The van der Waals surface area contributed by atoms with Crippen LogP contribution in [0.4, 0.5) is 16.2 Å². The third kappa shape index (κ3) is 5.76. The first-order valence-electron chi connectivity index (χ1n) is 10.4. The summed E-state index contributed by atoms with van der Waals surface area (Å²) < 4.78 is 8.02. The molecule has 0 unspecified atom stereocenters. The predicted octanol–water partition coefficient (Wildman–Crippen LogP) is 5.19. The molecule has 0 atom stereocenters. The first-order valence-corrected chi connectivity index (χ1v) is 10.4. The molecule has 0 bridgehead atoms. The molecule has 1 heterocycles. The van der Waals surface area contributed by atoms with Crippen LogP contribution >= 0.6 is 0 Å². The second kappa shape index (κ2) is 9.67. The van der Waals surface area contributed by atoms with E-state index in [1.54, 1.807) is 0 Å². The summed E-state index contributed by atoms with van der Waals surface area (Å²) in [4.78, 5) is 14.6. The Hall–Kier alpha value is -2.99. The summed E-state index contributed by atoms with van der Waals surface area (Å²) in [5.74, 6) is 1.31. The van der Waals surface area contributed by atoms with Crippen LogP contribution in [0.5, 0.6) is 5.75 Å². The van der Waals surface area contributed by atoms with E-state index >= 15 is 0 Å². The van der Waals surface area contributed by atoms with Crippen molar-refractivity contribution in [1.82, 2.24) is 9.47 Å². The van der Waals surface area contributed by atoms with Crippen molar-refractivity contribution in [3.05, 3.63) is 54.2 Å². The van der Waals surface area contributed by atoms with Gasteiger partial charge in [0.05, 0.1) is 6.61 Å². The average molecular weight is 409 g/mol. The molecule has 6 nitrogen and oxygen atoms in total. The van der Waals surface area contributed by atoms with Gasteiger partial charge in [0, 0.05) is 41.6 Å². The Morgan fingerprint density at radius 1 is 1.07 bits per heavy atom. The van der Waals surface area contributed by atoms with E-state index in [4.69, 9.17) is 4.74 Å². The molecule has 30 heavy (non-hydrogen) atoms. The number of carbonyl (C=O) groups excluding carboxylic acids is 1. The van der Waals surface area contributed by atoms with Crippen LogP contribution in [0.1, 0.15) is 19.4 Å². The molecule has 0 aliphatic carbocycles. The highest BCUT2D eigenvalue weighted by molar-refractivity contribution is 6.01. The van der Waals surface area contributed by atoms with Gasteiger partial charge in [-0.15, -0.1) is 0 Å². The van der Waals surface area contributed by atoms with Crippen molar-refractivity contribution in [3.63, 3.8) is 0 Å². The summed E-state index contributed by atoms with van der Waals surface area (Å²) in [6.45, 7) is 8.80. The average Bonchev–Trinajstić information content (AvgIpc) is 3.07. The Kier molecular flexibility index (Phi) is 7.00. The Morgan fingerprint density at radius 2 is 1.77 bits per heavy atom. The molecule has 0 radical (unpaired) electrons. The smallest absolute Gasteiger partial charge is 0.323 e. The number of amides is 2. The normalized spacial score (nSPS) is 11.3. The van der Waals surface area contributed by atoms with Gasteiger partial charge < -0.3 is 24.8 Å². The number of rotatable bonds is 8. The lowest BCUT2D eigenvalue weighted by Crippen LogP contribution is -2.19. The fourth-order valence-corrected chi connectivity index (χ4v) is 3.22. The summed E-state index contributed by atoms with van der Waals surface area (Å²) >= 11 is 0. The highest BCUT2D eigenvalue weighted by Crippen LogP contribution is 2.24. The maximum Gasteiger partial charge on any atom is 0.323 e. The van der Waals surface area contributed by atoms with Gasteiger partial charge in [-0.25, -0.2) is 4.79 Å². The molecule has 1 aromatic heterocycles. The number of hydrogen-bond donors (Lipinski definition) is 2. The molecular weight excluding hydrogens is 376 g/mol. The zero-order valence-electron chi connectivity index (χ0n) is 18.5. The second-order valence-corrected chi connectivity index (χ2v) is 8.35. The topological polar surface area (TPSA) is 58.5 Å². The minimum Gasteiger partial charge on any atom is -0.493 e. The fourth-order valence-electron chi connectivity index (χ4n) is 3.22. The van der Waals surface area contributed by atoms with E-state index < -0.39 is 0 Å². The summed E-state index contributed by atoms with van der Waals surface area (Å²) in [6, 6.07) is 13.5. The number of aryl methyl sites for hydroxylation is 1. The van der Waals surface area contributed by atoms with Crippen LogP contribution in [0.3, 0.4) is 0 Å². The Labute approximate surface area is 178 Å². The van der Waals surface area contributed by atoms with E-state index in [-0.39, 0.29) is 6.03 Å². The number of carbonyl (C=O) groups is 1. The van der Waals surface area contributed by atoms with Crippen LogP contribution < -0.4 is 15.4 Å². The molecule has 0 aliphatic rings. The van der Waals surface area contributed by atoms with Crippen molar-refractivity contribution in [2.75, 3.05) is 37.9 Å². The molecule has 2 aromatic carbocycles. The van der Waals surface area contributed by atoms with Gasteiger partial charge in [0.1, 0.15) is 5.75 Å². The molecule has 6 heteroatoms. The number of urea groups is 1. The van der Waals surface area contributed by atoms with Crippen LogP contribution in [0.15, 0.2) is 48.7 Å². The summed E-state index contributed by atoms with van der Waals surface area (Å²) in [6.07, 6.45) is 2.09. The number of nitrogens with one attached hydrogen (secondary N) is 2. The maximum atomic E-state index is 12.4. The lowest BCUT2D eigenvalue weighted by molar-refractivity contribution is 0.262. The number of aromatic nitrogens is 1. The highest BCUT2D eigenvalue weighted by atomic mass is 16.5. The lowest BCUT2D eigenvalue weighted by Gasteiger charge is -2.13. The summed E-state index contributed by atoms with van der Waals surface area (Å²) in [7, 11) is 4.14. The second-order valence-electron chi connectivity index (χ2n) is 8.35. The number of fused-ring (bicyclic) bond motifs is 1. The van der Waals surface area contributed by atoms with E-state index in [1.807, 2.05) is 43.3 Å². The van der Waals surface area contributed by atoms with Gasteiger partial charge in [-0.1, -0.05) is 13.8 Å². The van der Waals surface area contributed by atoms with Gasteiger partial charge in [0.25, 0.3) is 0 Å². The van der Waals surface area contributed by atoms with Crippen molar-refractivity contribution < 1.29 is 9.53 Å². The minimum absolute atomic E-state index is 0.267. The third-order valence-corrected chi connectivity index (χ3v) is 4.82. The van der Waals surface area contributed by atoms with Gasteiger partial charge in [0.2, 0.25) is 0 Å². The van der Waals surface area contributed by atoms with Crippen LogP contribution in [-0.4, -0.2) is 42.7 Å². The van der Waals surface area contributed by atoms with Crippen LogP contribution in [0.2, 0.25) is 0 Å². The van der Waals surface area contributed by atoms with Gasteiger partial charge >= 0.3 is 6.03 Å². The van der Waals surface area contributed by atoms with Gasteiger partial charge in [-0.2, -0.15) is 0 Å². The van der Waals surface area contributed by atoms with E-state index in [9.17, 15) is 4.79 Å². The van der Waals surface area contributed by atoms with Crippen molar-refractivity contribution in [3.8, 4) is 5.75 Å². The summed E-state index contributed by atoms with van der Waals surface area (Å²) in [5, 5.41) is 6.92. The molecular formula is C24H32N4O2. The Balaban J connectivity index is 1.62. The molecule has 3 rings (SSSR count). The molecule has 3 aromatic rings. The first kappa shape index (κ1) is 21.7. The molecule has 0 spiro atoms. The molecule has 2 N–H and O–H groups in total. The SMILES string of the molecule is Cc1cc(NC(=O)Nc2ccc3c(ccn3CCN(C)C)c2)ccc1OCC(C)C. The Bertz CT molecular complexity index is 1010. The van der Waals surface area contributed by atoms with E-state index in [1.165, 1.54) is 0 Å². The molecule has 160 valence electrons. The monoisotopic (exact) mass is 408 g/mol. The van der Waals surface area contributed by atoms with Gasteiger partial charge in [-0.05, 0) is 75.0 Å². The fraction of sp³-hybridized carbons (Fsp3) is 0.375. The van der Waals surface area contributed by atoms with Crippen molar-refractivity contribution >= 4 is 28.3 Å². The zero-order chi connectivity index (χ0) is 21.7. The minimum atomic E-state index is -0.267. The number of ether oxygens (including phenoxy) is 1. The number of anilines is 2. The van der Waals surface area contributed by atoms with E-state index in [0.29, 0.717) is 12.5 Å². The molecule has 0 saturated heterocycles. The predicted molar refractivity (Wildman–Crippen MR) is 125 cm³/mol. The zero-order valence-corrected chi connectivity index (χ0v) is 18.5. The number of hydrogen-bond acceptors (Lipinski definition) is 3. The van der Waals surface area contributed by atoms with E-state index in [0.717, 1.165) is 46.7 Å². The molecule has 2 amide bonds. The van der Waals surface area contributed by atoms with Crippen molar-refractivity contribution in [2.24, 2.45) is 5.92 Å². The number of likely N-dealkylation sites (N-methyl/N-ethyl adjacent to an activating group) is 1.